The quantitative estimate of drug-likeness (QED) is 0.710. The minimum atomic E-state index is 0.194. The first-order valence-corrected chi connectivity index (χ1v) is 9.48. The van der Waals surface area contributed by atoms with Gasteiger partial charge in [0.15, 0.2) is 0 Å². The lowest BCUT2D eigenvalue weighted by Gasteiger charge is -2.26. The summed E-state index contributed by atoms with van der Waals surface area (Å²) in [6.07, 6.45) is 4.27. The SMILES string of the molecule is Cc1cc(Cl)cc(-c2nccc3sccc23)c1OC1CCCNC1. The monoisotopic (exact) mass is 358 g/mol. The Kier molecular flexibility index (Phi) is 4.44. The number of rotatable bonds is 3. The fourth-order valence-electron chi connectivity index (χ4n) is 3.26. The molecule has 1 saturated heterocycles. The lowest BCUT2D eigenvalue weighted by Crippen LogP contribution is -2.37. The van der Waals surface area contributed by atoms with Gasteiger partial charge in [-0.1, -0.05) is 11.6 Å². The molecule has 24 heavy (non-hydrogen) atoms. The molecule has 3 heterocycles. The number of fused-ring (bicyclic) bond motifs is 1. The first-order chi connectivity index (χ1) is 11.7. The van der Waals surface area contributed by atoms with Crippen molar-refractivity contribution in [3.8, 4) is 17.0 Å². The van der Waals surface area contributed by atoms with Gasteiger partial charge in [-0.2, -0.15) is 0 Å². The van der Waals surface area contributed by atoms with Crippen molar-refractivity contribution in [3.63, 3.8) is 0 Å². The summed E-state index contributed by atoms with van der Waals surface area (Å²) in [5.74, 6) is 0.902. The second-order valence-electron chi connectivity index (χ2n) is 6.18. The molecule has 1 aliphatic rings. The van der Waals surface area contributed by atoms with Gasteiger partial charge in [0, 0.05) is 33.4 Å². The number of hydrogen-bond donors (Lipinski definition) is 1. The van der Waals surface area contributed by atoms with Gasteiger partial charge in [-0.3, -0.25) is 4.98 Å². The molecule has 1 unspecified atom stereocenters. The standard InChI is InChI=1S/C19H19ClN2OS/c1-12-9-13(20)10-16(19(12)23-14-3-2-6-21-11-14)18-15-5-8-24-17(15)4-7-22-18/h4-5,7-10,14,21H,2-3,6,11H2,1H3. The molecule has 1 atom stereocenters. The van der Waals surface area contributed by atoms with Crippen molar-refractivity contribution in [2.45, 2.75) is 25.9 Å². The van der Waals surface area contributed by atoms with E-state index in [9.17, 15) is 0 Å². The predicted molar refractivity (Wildman–Crippen MR) is 101 cm³/mol. The Morgan fingerprint density at radius 1 is 1.33 bits per heavy atom. The molecule has 4 rings (SSSR count). The van der Waals surface area contributed by atoms with Crippen LogP contribution in [0.4, 0.5) is 0 Å². The number of pyridine rings is 1. The Bertz CT molecular complexity index is 871. The first-order valence-electron chi connectivity index (χ1n) is 8.22. The van der Waals surface area contributed by atoms with Crippen molar-refractivity contribution >= 4 is 33.0 Å². The number of piperidine rings is 1. The summed E-state index contributed by atoms with van der Waals surface area (Å²) in [6.45, 7) is 4.01. The van der Waals surface area contributed by atoms with Crippen LogP contribution in [-0.4, -0.2) is 24.2 Å². The summed E-state index contributed by atoms with van der Waals surface area (Å²) < 4.78 is 7.62. The van der Waals surface area contributed by atoms with E-state index in [4.69, 9.17) is 16.3 Å². The average molecular weight is 359 g/mol. The van der Waals surface area contributed by atoms with Crippen LogP contribution in [-0.2, 0) is 0 Å². The summed E-state index contributed by atoms with van der Waals surface area (Å²) in [6, 6.07) is 8.10. The van der Waals surface area contributed by atoms with E-state index in [1.54, 1.807) is 11.3 Å². The van der Waals surface area contributed by atoms with Crippen LogP contribution in [0.1, 0.15) is 18.4 Å². The van der Waals surface area contributed by atoms with E-state index < -0.39 is 0 Å². The van der Waals surface area contributed by atoms with Crippen LogP contribution in [0.15, 0.2) is 35.8 Å². The van der Waals surface area contributed by atoms with Gasteiger partial charge in [-0.15, -0.1) is 11.3 Å². The number of nitrogens with zero attached hydrogens (tertiary/aromatic N) is 1. The molecule has 1 aliphatic heterocycles. The predicted octanol–water partition coefficient (Wildman–Crippen LogP) is 5.06. The fraction of sp³-hybridized carbons (Fsp3) is 0.316. The molecule has 0 radical (unpaired) electrons. The van der Waals surface area contributed by atoms with Crippen molar-refractivity contribution in [1.29, 1.82) is 0 Å². The normalized spacial score (nSPS) is 18.0. The van der Waals surface area contributed by atoms with E-state index in [0.29, 0.717) is 5.02 Å². The third kappa shape index (κ3) is 3.02. The van der Waals surface area contributed by atoms with Crippen LogP contribution in [0.3, 0.4) is 0 Å². The van der Waals surface area contributed by atoms with Gasteiger partial charge < -0.3 is 10.1 Å². The third-order valence-electron chi connectivity index (χ3n) is 4.41. The molecule has 2 aromatic heterocycles. The fourth-order valence-corrected chi connectivity index (χ4v) is 4.31. The molecule has 3 nitrogen and oxygen atoms in total. The van der Waals surface area contributed by atoms with Crippen LogP contribution in [0.2, 0.25) is 5.02 Å². The Balaban J connectivity index is 1.83. The summed E-state index contributed by atoms with van der Waals surface area (Å²) in [7, 11) is 0. The Morgan fingerprint density at radius 2 is 2.25 bits per heavy atom. The second kappa shape index (κ2) is 6.71. The van der Waals surface area contributed by atoms with Gasteiger partial charge >= 0.3 is 0 Å². The number of benzene rings is 1. The largest absolute Gasteiger partial charge is 0.488 e. The van der Waals surface area contributed by atoms with Crippen LogP contribution in [0, 0.1) is 6.92 Å². The van der Waals surface area contributed by atoms with Gasteiger partial charge in [0.25, 0.3) is 0 Å². The smallest absolute Gasteiger partial charge is 0.132 e. The van der Waals surface area contributed by atoms with Crippen LogP contribution >= 0.6 is 22.9 Å². The van der Waals surface area contributed by atoms with Crippen molar-refractivity contribution in [3.05, 3.63) is 46.4 Å². The molecule has 1 N–H and O–H groups in total. The van der Waals surface area contributed by atoms with Crippen molar-refractivity contribution < 1.29 is 4.74 Å². The molecule has 1 aromatic carbocycles. The third-order valence-corrected chi connectivity index (χ3v) is 5.51. The molecule has 5 heteroatoms. The minimum absolute atomic E-state index is 0.194. The van der Waals surface area contributed by atoms with Crippen molar-refractivity contribution in [2.75, 3.05) is 13.1 Å². The lowest BCUT2D eigenvalue weighted by atomic mass is 10.0. The maximum absolute atomic E-state index is 6.39. The molecule has 0 amide bonds. The molecule has 0 bridgehead atoms. The van der Waals surface area contributed by atoms with Crippen LogP contribution < -0.4 is 10.1 Å². The highest BCUT2D eigenvalue weighted by Gasteiger charge is 2.20. The van der Waals surface area contributed by atoms with Crippen molar-refractivity contribution in [2.24, 2.45) is 0 Å². The van der Waals surface area contributed by atoms with Crippen LogP contribution in [0.5, 0.6) is 5.75 Å². The van der Waals surface area contributed by atoms with E-state index in [-0.39, 0.29) is 6.10 Å². The lowest BCUT2D eigenvalue weighted by molar-refractivity contribution is 0.167. The highest BCUT2D eigenvalue weighted by molar-refractivity contribution is 7.17. The number of aryl methyl sites for hydroxylation is 1. The number of nitrogens with one attached hydrogen (secondary N) is 1. The van der Waals surface area contributed by atoms with Gasteiger partial charge in [-0.05, 0) is 61.5 Å². The Hall–Kier alpha value is -1.62. The van der Waals surface area contributed by atoms with Gasteiger partial charge in [0.05, 0.1) is 5.69 Å². The van der Waals surface area contributed by atoms with Crippen molar-refractivity contribution in [1.82, 2.24) is 10.3 Å². The summed E-state index contributed by atoms with van der Waals surface area (Å²) in [5.41, 5.74) is 2.98. The van der Waals surface area contributed by atoms with Crippen LogP contribution in [0.25, 0.3) is 21.3 Å². The highest BCUT2D eigenvalue weighted by atomic mass is 35.5. The molecule has 1 fully saturated rings. The summed E-state index contributed by atoms with van der Waals surface area (Å²) in [4.78, 5) is 4.64. The van der Waals surface area contributed by atoms with E-state index >= 15 is 0 Å². The highest BCUT2D eigenvalue weighted by Crippen LogP contribution is 2.39. The Morgan fingerprint density at radius 3 is 3.08 bits per heavy atom. The Labute approximate surface area is 150 Å². The van der Waals surface area contributed by atoms with Gasteiger partial charge in [-0.25, -0.2) is 0 Å². The number of ether oxygens (including phenoxy) is 1. The zero-order valence-electron chi connectivity index (χ0n) is 13.5. The average Bonchev–Trinajstić information content (AvgIpc) is 3.07. The molecular formula is C19H19ClN2OS. The first kappa shape index (κ1) is 15.9. The maximum atomic E-state index is 6.39. The summed E-state index contributed by atoms with van der Waals surface area (Å²) >= 11 is 8.07. The minimum Gasteiger partial charge on any atom is -0.488 e. The molecule has 0 spiro atoms. The number of thiophene rings is 1. The number of halogens is 1. The molecule has 0 saturated carbocycles. The van der Waals surface area contributed by atoms with E-state index in [2.05, 4.69) is 28.7 Å². The zero-order chi connectivity index (χ0) is 16.5. The summed E-state index contributed by atoms with van der Waals surface area (Å²) in [5, 5.41) is 7.36. The topological polar surface area (TPSA) is 34.1 Å². The number of hydrogen-bond acceptors (Lipinski definition) is 4. The molecular weight excluding hydrogens is 340 g/mol. The maximum Gasteiger partial charge on any atom is 0.132 e. The number of aromatic nitrogens is 1. The molecule has 124 valence electrons. The van der Waals surface area contributed by atoms with Gasteiger partial charge in [0.1, 0.15) is 11.9 Å². The van der Waals surface area contributed by atoms with E-state index in [0.717, 1.165) is 53.9 Å². The van der Waals surface area contributed by atoms with E-state index in [1.807, 2.05) is 24.4 Å². The van der Waals surface area contributed by atoms with Gasteiger partial charge in [0.2, 0.25) is 0 Å². The molecule has 3 aromatic rings. The molecule has 0 aliphatic carbocycles. The second-order valence-corrected chi connectivity index (χ2v) is 7.56. The zero-order valence-corrected chi connectivity index (χ0v) is 15.1. The van der Waals surface area contributed by atoms with E-state index in [1.165, 1.54) is 4.70 Å².